The highest BCUT2D eigenvalue weighted by molar-refractivity contribution is 8.00. The van der Waals surface area contributed by atoms with Crippen molar-refractivity contribution in [3.05, 3.63) is 23.2 Å². The highest BCUT2D eigenvalue weighted by Crippen LogP contribution is 2.37. The number of thioether (sulfide) groups is 1. The Kier molecular flexibility index (Phi) is 4.60. The number of anilines is 1. The number of nitrogens with two attached hydrogens (primary N) is 1. The van der Waals surface area contributed by atoms with Crippen molar-refractivity contribution in [1.29, 1.82) is 0 Å². The van der Waals surface area contributed by atoms with Crippen LogP contribution in [-0.2, 0) is 0 Å². The minimum Gasteiger partial charge on any atom is -0.399 e. The second-order valence-electron chi connectivity index (χ2n) is 4.55. The zero-order valence-electron chi connectivity index (χ0n) is 9.73. The topological polar surface area (TPSA) is 46.2 Å². The van der Waals surface area contributed by atoms with Crippen LogP contribution >= 0.6 is 23.4 Å². The summed E-state index contributed by atoms with van der Waals surface area (Å²) in [7, 11) is 0. The number of hydrogen-bond acceptors (Lipinski definition) is 3. The molecule has 1 aromatic carbocycles. The predicted octanol–water partition coefficient (Wildman–Crippen LogP) is 3.71. The van der Waals surface area contributed by atoms with Gasteiger partial charge in [-0.1, -0.05) is 30.9 Å². The number of aliphatic hydroxyl groups is 1. The van der Waals surface area contributed by atoms with E-state index in [0.717, 1.165) is 34.9 Å². The van der Waals surface area contributed by atoms with Crippen LogP contribution in [0.15, 0.2) is 23.1 Å². The van der Waals surface area contributed by atoms with Crippen molar-refractivity contribution in [1.82, 2.24) is 0 Å². The molecule has 0 radical (unpaired) electrons. The normalized spacial score (nSPS) is 25.5. The Hall–Kier alpha value is -0.380. The van der Waals surface area contributed by atoms with Gasteiger partial charge in [0.25, 0.3) is 0 Å². The Balaban J connectivity index is 2.10. The first kappa shape index (κ1) is 13.1. The molecule has 3 N–H and O–H groups in total. The van der Waals surface area contributed by atoms with Crippen LogP contribution in [0.5, 0.6) is 0 Å². The highest BCUT2D eigenvalue weighted by Gasteiger charge is 2.23. The van der Waals surface area contributed by atoms with Gasteiger partial charge in [0, 0.05) is 15.8 Å². The quantitative estimate of drug-likeness (QED) is 0.637. The third-order valence-corrected chi connectivity index (χ3v) is 5.04. The molecule has 1 aliphatic carbocycles. The van der Waals surface area contributed by atoms with Crippen molar-refractivity contribution in [3.63, 3.8) is 0 Å². The van der Waals surface area contributed by atoms with Crippen molar-refractivity contribution in [2.24, 2.45) is 0 Å². The van der Waals surface area contributed by atoms with Crippen molar-refractivity contribution < 1.29 is 5.11 Å². The monoisotopic (exact) mass is 271 g/mol. The van der Waals surface area contributed by atoms with Crippen molar-refractivity contribution >= 4 is 29.1 Å². The maximum absolute atomic E-state index is 10.1. The molecular formula is C13H18ClNOS. The molecule has 2 atom stereocenters. The van der Waals surface area contributed by atoms with E-state index in [2.05, 4.69) is 0 Å². The number of aliphatic hydroxyl groups excluding tert-OH is 1. The van der Waals surface area contributed by atoms with E-state index in [9.17, 15) is 5.11 Å². The maximum atomic E-state index is 10.1. The lowest BCUT2D eigenvalue weighted by Crippen LogP contribution is -2.21. The molecule has 0 saturated heterocycles. The van der Waals surface area contributed by atoms with Gasteiger partial charge in [-0.25, -0.2) is 0 Å². The molecule has 0 amide bonds. The van der Waals surface area contributed by atoms with E-state index < -0.39 is 0 Å². The van der Waals surface area contributed by atoms with Gasteiger partial charge >= 0.3 is 0 Å². The smallest absolute Gasteiger partial charge is 0.0662 e. The SMILES string of the molecule is Nc1ccc(Cl)c(SC2CCCCCC2O)c1. The van der Waals surface area contributed by atoms with Gasteiger partial charge in [-0.05, 0) is 31.0 Å². The molecule has 1 aliphatic rings. The van der Waals surface area contributed by atoms with Gasteiger partial charge in [-0.2, -0.15) is 0 Å². The van der Waals surface area contributed by atoms with E-state index >= 15 is 0 Å². The van der Waals surface area contributed by atoms with Gasteiger partial charge < -0.3 is 10.8 Å². The minimum atomic E-state index is -0.222. The lowest BCUT2D eigenvalue weighted by atomic mass is 10.1. The Morgan fingerprint density at radius 2 is 2.00 bits per heavy atom. The molecule has 0 heterocycles. The molecule has 0 bridgehead atoms. The van der Waals surface area contributed by atoms with Crippen LogP contribution in [0, 0.1) is 0 Å². The van der Waals surface area contributed by atoms with E-state index in [0.29, 0.717) is 0 Å². The number of halogens is 1. The molecule has 0 aromatic heterocycles. The Morgan fingerprint density at radius 3 is 2.82 bits per heavy atom. The standard InChI is InChI=1S/C13H18ClNOS/c14-10-7-6-9(15)8-13(10)17-12-5-3-1-2-4-11(12)16/h6-8,11-12,16H,1-5,15H2. The summed E-state index contributed by atoms with van der Waals surface area (Å²) in [6.07, 6.45) is 5.27. The summed E-state index contributed by atoms with van der Waals surface area (Å²) in [5, 5.41) is 11.0. The third-order valence-electron chi connectivity index (χ3n) is 3.15. The lowest BCUT2D eigenvalue weighted by molar-refractivity contribution is 0.163. The fraction of sp³-hybridized carbons (Fsp3) is 0.538. The highest BCUT2D eigenvalue weighted by atomic mass is 35.5. The molecule has 1 saturated carbocycles. The predicted molar refractivity (Wildman–Crippen MR) is 74.6 cm³/mol. The number of benzene rings is 1. The maximum Gasteiger partial charge on any atom is 0.0662 e. The summed E-state index contributed by atoms with van der Waals surface area (Å²) in [6, 6.07) is 5.52. The average Bonchev–Trinajstić information content (AvgIpc) is 2.50. The molecule has 0 aliphatic heterocycles. The first-order chi connectivity index (χ1) is 8.16. The summed E-state index contributed by atoms with van der Waals surface area (Å²) in [5.41, 5.74) is 6.49. The van der Waals surface area contributed by atoms with E-state index in [4.69, 9.17) is 17.3 Å². The lowest BCUT2D eigenvalue weighted by Gasteiger charge is -2.20. The van der Waals surface area contributed by atoms with Crippen LogP contribution in [0.2, 0.25) is 5.02 Å². The van der Waals surface area contributed by atoms with Crippen LogP contribution in [0.3, 0.4) is 0 Å². The zero-order valence-corrected chi connectivity index (χ0v) is 11.3. The second kappa shape index (κ2) is 5.98. The third kappa shape index (κ3) is 3.54. The van der Waals surface area contributed by atoms with Crippen molar-refractivity contribution in [2.45, 2.75) is 48.4 Å². The van der Waals surface area contributed by atoms with E-state index in [1.165, 1.54) is 12.8 Å². The Labute approximate surface area is 112 Å². The first-order valence-electron chi connectivity index (χ1n) is 6.06. The second-order valence-corrected chi connectivity index (χ2v) is 6.24. The summed E-state index contributed by atoms with van der Waals surface area (Å²) in [5.74, 6) is 0. The van der Waals surface area contributed by atoms with Crippen LogP contribution < -0.4 is 5.73 Å². The van der Waals surface area contributed by atoms with Gasteiger partial charge in [0.2, 0.25) is 0 Å². The molecule has 1 fully saturated rings. The summed E-state index contributed by atoms with van der Waals surface area (Å²) in [6.45, 7) is 0. The molecule has 1 aromatic rings. The molecular weight excluding hydrogens is 254 g/mol. The summed E-state index contributed by atoms with van der Waals surface area (Å²) >= 11 is 7.81. The average molecular weight is 272 g/mol. The number of hydrogen-bond donors (Lipinski definition) is 2. The van der Waals surface area contributed by atoms with E-state index in [1.54, 1.807) is 17.8 Å². The molecule has 2 nitrogen and oxygen atoms in total. The van der Waals surface area contributed by atoms with Gasteiger partial charge in [0.1, 0.15) is 0 Å². The fourth-order valence-corrected chi connectivity index (χ4v) is 3.70. The number of nitrogen functional groups attached to an aromatic ring is 1. The van der Waals surface area contributed by atoms with Gasteiger partial charge in [0.15, 0.2) is 0 Å². The van der Waals surface area contributed by atoms with Crippen molar-refractivity contribution in [2.75, 3.05) is 5.73 Å². The van der Waals surface area contributed by atoms with Gasteiger partial charge in [-0.3, -0.25) is 0 Å². The van der Waals surface area contributed by atoms with E-state index in [1.807, 2.05) is 12.1 Å². The van der Waals surface area contributed by atoms with Gasteiger partial charge in [0.05, 0.1) is 11.1 Å². The minimum absolute atomic E-state index is 0.222. The molecule has 4 heteroatoms. The number of rotatable bonds is 2. The summed E-state index contributed by atoms with van der Waals surface area (Å²) in [4.78, 5) is 0.984. The molecule has 0 spiro atoms. The van der Waals surface area contributed by atoms with Crippen molar-refractivity contribution in [3.8, 4) is 0 Å². The van der Waals surface area contributed by atoms with Crippen LogP contribution in [-0.4, -0.2) is 16.5 Å². The Bertz CT molecular complexity index is 386. The molecule has 2 rings (SSSR count). The largest absolute Gasteiger partial charge is 0.399 e. The van der Waals surface area contributed by atoms with Crippen LogP contribution in [0.25, 0.3) is 0 Å². The van der Waals surface area contributed by atoms with Gasteiger partial charge in [-0.15, -0.1) is 11.8 Å². The van der Waals surface area contributed by atoms with Crippen LogP contribution in [0.1, 0.15) is 32.1 Å². The fourth-order valence-electron chi connectivity index (χ4n) is 2.16. The Morgan fingerprint density at radius 1 is 1.24 bits per heavy atom. The first-order valence-corrected chi connectivity index (χ1v) is 7.32. The molecule has 94 valence electrons. The molecule has 2 unspecified atom stereocenters. The summed E-state index contributed by atoms with van der Waals surface area (Å²) < 4.78 is 0. The molecule has 17 heavy (non-hydrogen) atoms. The van der Waals surface area contributed by atoms with Crippen LogP contribution in [0.4, 0.5) is 5.69 Å². The van der Waals surface area contributed by atoms with E-state index in [-0.39, 0.29) is 11.4 Å². The zero-order chi connectivity index (χ0) is 12.3.